The molecule has 0 aromatic carbocycles. The number of nitrogens with two attached hydrogens (primary N) is 1. The number of hydrazine groups is 1. The maximum atomic E-state index is 10.9. The van der Waals surface area contributed by atoms with E-state index < -0.39 is 0 Å². The van der Waals surface area contributed by atoms with Gasteiger partial charge in [-0.05, 0) is 37.5 Å². The molecule has 0 saturated heterocycles. The molecule has 1 rings (SSSR count). The van der Waals surface area contributed by atoms with Crippen LogP contribution in [0.2, 0.25) is 0 Å². The van der Waals surface area contributed by atoms with Crippen LogP contribution in [0.3, 0.4) is 0 Å². The summed E-state index contributed by atoms with van der Waals surface area (Å²) in [6.07, 6.45) is 9.06. The van der Waals surface area contributed by atoms with Gasteiger partial charge in [0.25, 0.3) is 0 Å². The Labute approximate surface area is 104 Å². The van der Waals surface area contributed by atoms with Crippen molar-refractivity contribution < 1.29 is 9.53 Å². The van der Waals surface area contributed by atoms with Crippen molar-refractivity contribution in [1.29, 1.82) is 0 Å². The van der Waals surface area contributed by atoms with Crippen LogP contribution in [0.5, 0.6) is 0 Å². The molecule has 1 aliphatic rings. The van der Waals surface area contributed by atoms with E-state index in [4.69, 9.17) is 10.6 Å². The highest BCUT2D eigenvalue weighted by molar-refractivity contribution is 5.74. The van der Waals surface area contributed by atoms with Crippen LogP contribution >= 0.6 is 0 Å². The van der Waals surface area contributed by atoms with Gasteiger partial charge in [0.1, 0.15) is 0 Å². The summed E-state index contributed by atoms with van der Waals surface area (Å²) in [4.78, 5) is 10.9. The molecule has 1 aliphatic carbocycles. The molecule has 0 fully saturated rings. The van der Waals surface area contributed by atoms with Crippen molar-refractivity contribution in [3.63, 3.8) is 0 Å². The van der Waals surface area contributed by atoms with Crippen molar-refractivity contribution in [1.82, 2.24) is 5.43 Å². The Bertz CT molecular complexity index is 254. The molecule has 0 bridgehead atoms. The third-order valence-corrected chi connectivity index (χ3v) is 3.35. The first-order valence-electron chi connectivity index (χ1n) is 6.46. The second kappa shape index (κ2) is 8.25. The van der Waals surface area contributed by atoms with Gasteiger partial charge in [0.2, 0.25) is 5.91 Å². The number of nitrogens with one attached hydrogen (secondary N) is 1. The summed E-state index contributed by atoms with van der Waals surface area (Å²) in [5, 5.41) is 0. The maximum Gasteiger partial charge on any atom is 0.233 e. The zero-order valence-electron chi connectivity index (χ0n) is 10.7. The number of amides is 1. The Morgan fingerprint density at radius 3 is 2.88 bits per heavy atom. The smallest absolute Gasteiger partial charge is 0.233 e. The molecule has 0 aliphatic heterocycles. The fourth-order valence-electron chi connectivity index (χ4n) is 2.04. The molecular weight excluding hydrogens is 216 g/mol. The molecule has 0 saturated carbocycles. The number of ether oxygens (including phenoxy) is 1. The minimum absolute atomic E-state index is 0.101. The van der Waals surface area contributed by atoms with Gasteiger partial charge < -0.3 is 4.74 Å². The highest BCUT2D eigenvalue weighted by atomic mass is 16.5. The molecule has 4 heteroatoms. The molecule has 2 unspecified atom stereocenters. The first-order chi connectivity index (χ1) is 8.24. The molecule has 0 radical (unpaired) electrons. The Hall–Kier alpha value is -0.870. The van der Waals surface area contributed by atoms with Gasteiger partial charge >= 0.3 is 0 Å². The summed E-state index contributed by atoms with van der Waals surface area (Å²) in [6, 6.07) is 0. The third kappa shape index (κ3) is 5.84. The average molecular weight is 240 g/mol. The molecular formula is C13H24N2O2. The fraction of sp³-hybridized carbons (Fsp3) is 0.769. The summed E-state index contributed by atoms with van der Waals surface area (Å²) in [6.45, 7) is 3.86. The van der Waals surface area contributed by atoms with Gasteiger partial charge in [-0.15, -0.1) is 0 Å². The highest BCUT2D eigenvalue weighted by Gasteiger charge is 2.17. The molecule has 0 spiro atoms. The Morgan fingerprint density at radius 2 is 2.18 bits per heavy atom. The van der Waals surface area contributed by atoms with E-state index in [0.717, 1.165) is 38.4 Å². The number of hydrogen-bond donors (Lipinski definition) is 2. The quantitative estimate of drug-likeness (QED) is 0.234. The Kier molecular flexibility index (Phi) is 6.89. The fourth-order valence-corrected chi connectivity index (χ4v) is 2.04. The van der Waals surface area contributed by atoms with Gasteiger partial charge in [-0.25, -0.2) is 5.84 Å². The van der Waals surface area contributed by atoms with Crippen molar-refractivity contribution in [3.05, 3.63) is 12.2 Å². The second-order valence-corrected chi connectivity index (χ2v) is 4.78. The molecule has 98 valence electrons. The number of allylic oxidation sites excluding steroid dienone is 2. The third-order valence-electron chi connectivity index (χ3n) is 3.35. The number of hydrogen-bond acceptors (Lipinski definition) is 3. The van der Waals surface area contributed by atoms with Crippen molar-refractivity contribution >= 4 is 5.91 Å². The summed E-state index contributed by atoms with van der Waals surface area (Å²) in [5.74, 6) is 6.27. The first-order valence-corrected chi connectivity index (χ1v) is 6.46. The first kappa shape index (κ1) is 14.2. The van der Waals surface area contributed by atoms with Gasteiger partial charge in [0.15, 0.2) is 0 Å². The summed E-state index contributed by atoms with van der Waals surface area (Å²) in [7, 11) is 0. The minimum Gasteiger partial charge on any atom is -0.381 e. The predicted octanol–water partition coefficient (Wildman–Crippen LogP) is 1.77. The largest absolute Gasteiger partial charge is 0.381 e. The van der Waals surface area contributed by atoms with Crippen LogP contribution in [-0.4, -0.2) is 19.1 Å². The monoisotopic (exact) mass is 240 g/mol. The van der Waals surface area contributed by atoms with E-state index in [1.807, 2.05) is 0 Å². The number of carbonyl (C=O) groups is 1. The van der Waals surface area contributed by atoms with Crippen molar-refractivity contribution in [2.45, 2.75) is 39.0 Å². The van der Waals surface area contributed by atoms with Gasteiger partial charge in [-0.2, -0.15) is 0 Å². The van der Waals surface area contributed by atoms with E-state index in [2.05, 4.69) is 24.5 Å². The molecule has 17 heavy (non-hydrogen) atoms. The van der Waals surface area contributed by atoms with Gasteiger partial charge in [-0.1, -0.05) is 19.1 Å². The molecule has 0 aromatic rings. The zero-order chi connectivity index (χ0) is 12.5. The lowest BCUT2D eigenvalue weighted by Gasteiger charge is -2.24. The van der Waals surface area contributed by atoms with Gasteiger partial charge in [0, 0.05) is 19.6 Å². The second-order valence-electron chi connectivity index (χ2n) is 4.78. The lowest BCUT2D eigenvalue weighted by Crippen LogP contribution is -2.29. The number of carbonyl (C=O) groups excluding carboxylic acids is 1. The van der Waals surface area contributed by atoms with Crippen LogP contribution in [0.4, 0.5) is 0 Å². The number of rotatable bonds is 7. The topological polar surface area (TPSA) is 64.3 Å². The maximum absolute atomic E-state index is 10.9. The van der Waals surface area contributed by atoms with Crippen LogP contribution in [-0.2, 0) is 9.53 Å². The van der Waals surface area contributed by atoms with E-state index in [1.54, 1.807) is 0 Å². The Morgan fingerprint density at radius 1 is 1.41 bits per heavy atom. The predicted molar refractivity (Wildman–Crippen MR) is 68.0 cm³/mol. The SMILES string of the molecule is CC1CC=CCC1COCCCCC(=O)NN. The lowest BCUT2D eigenvalue weighted by molar-refractivity contribution is -0.121. The lowest BCUT2D eigenvalue weighted by atomic mass is 9.85. The molecule has 0 heterocycles. The van der Waals surface area contributed by atoms with E-state index in [-0.39, 0.29) is 5.91 Å². The van der Waals surface area contributed by atoms with Crippen LogP contribution in [0.15, 0.2) is 12.2 Å². The van der Waals surface area contributed by atoms with E-state index in [0.29, 0.717) is 12.3 Å². The molecule has 2 atom stereocenters. The average Bonchev–Trinajstić information content (AvgIpc) is 2.35. The van der Waals surface area contributed by atoms with E-state index in [1.165, 1.54) is 6.42 Å². The van der Waals surface area contributed by atoms with Crippen LogP contribution in [0.25, 0.3) is 0 Å². The summed E-state index contributed by atoms with van der Waals surface area (Å²) < 4.78 is 5.66. The van der Waals surface area contributed by atoms with E-state index >= 15 is 0 Å². The van der Waals surface area contributed by atoms with Gasteiger partial charge in [0.05, 0.1) is 0 Å². The minimum atomic E-state index is -0.101. The standard InChI is InChI=1S/C13H24N2O2/c1-11-6-2-3-7-12(11)10-17-9-5-4-8-13(16)15-14/h2-3,11-12H,4-10,14H2,1H3,(H,15,16). The van der Waals surface area contributed by atoms with Crippen LogP contribution in [0, 0.1) is 11.8 Å². The van der Waals surface area contributed by atoms with E-state index in [9.17, 15) is 4.79 Å². The molecule has 0 aromatic heterocycles. The molecule has 4 nitrogen and oxygen atoms in total. The van der Waals surface area contributed by atoms with Gasteiger partial charge in [-0.3, -0.25) is 10.2 Å². The van der Waals surface area contributed by atoms with Crippen molar-refractivity contribution in [2.24, 2.45) is 17.7 Å². The Balaban J connectivity index is 1.97. The van der Waals surface area contributed by atoms with Crippen molar-refractivity contribution in [2.75, 3.05) is 13.2 Å². The van der Waals surface area contributed by atoms with Crippen LogP contribution < -0.4 is 11.3 Å². The normalized spacial score (nSPS) is 23.6. The molecule has 3 N–H and O–H groups in total. The highest BCUT2D eigenvalue weighted by Crippen LogP contribution is 2.24. The number of unbranched alkanes of at least 4 members (excludes halogenated alkanes) is 1. The summed E-state index contributed by atoms with van der Waals surface area (Å²) >= 11 is 0. The molecule has 1 amide bonds. The summed E-state index contributed by atoms with van der Waals surface area (Å²) in [5.41, 5.74) is 2.13. The van der Waals surface area contributed by atoms with Crippen LogP contribution in [0.1, 0.15) is 39.0 Å². The zero-order valence-corrected chi connectivity index (χ0v) is 10.7. The van der Waals surface area contributed by atoms with Crippen molar-refractivity contribution in [3.8, 4) is 0 Å².